The summed E-state index contributed by atoms with van der Waals surface area (Å²) in [6, 6.07) is 0. The Balaban J connectivity index is -0.00000000957. The summed E-state index contributed by atoms with van der Waals surface area (Å²) in [6.07, 6.45) is 5.11. The van der Waals surface area contributed by atoms with Gasteiger partial charge < -0.3 is 20.3 Å². The van der Waals surface area contributed by atoms with Crippen molar-refractivity contribution in [3.8, 4) is 0 Å². The van der Waals surface area contributed by atoms with Crippen LogP contribution in [0, 0.1) is 20.3 Å². The minimum absolute atomic E-state index is 0. The van der Waals surface area contributed by atoms with E-state index in [0.717, 1.165) is 0 Å². The maximum Gasteiger partial charge on any atom is 0 e. The van der Waals surface area contributed by atoms with Gasteiger partial charge in [0.15, 0.2) is 0 Å². The summed E-state index contributed by atoms with van der Waals surface area (Å²) < 4.78 is 16.4. The van der Waals surface area contributed by atoms with E-state index in [1.54, 1.807) is 6.42 Å². The zero-order valence-electron chi connectivity index (χ0n) is 11.3. The molecule has 0 aromatic rings. The first-order valence-corrected chi connectivity index (χ1v) is 2.68. The van der Waals surface area contributed by atoms with E-state index in [1.165, 1.54) is 6.42 Å². The van der Waals surface area contributed by atoms with Crippen LogP contribution in [0.2, 0.25) is 0 Å². The van der Waals surface area contributed by atoms with Crippen LogP contribution >= 0.6 is 0 Å². The van der Waals surface area contributed by atoms with Crippen molar-refractivity contribution >= 4 is 0 Å². The molecule has 0 heterocycles. The Kier molecular flexibility index (Phi) is 110. The molecule has 3 radical (unpaired) electrons. The fraction of sp³-hybridized carbons (Fsp3) is 0.625. The molecule has 0 rings (SSSR count). The molecule has 65 valence electrons. The van der Waals surface area contributed by atoms with E-state index in [-0.39, 0.29) is 106 Å². The van der Waals surface area contributed by atoms with Crippen LogP contribution in [-0.4, -0.2) is 0 Å². The average molecular weight is 387 g/mol. The summed E-state index contributed by atoms with van der Waals surface area (Å²) in [5, 5.41) is 0. The van der Waals surface area contributed by atoms with Crippen LogP contribution in [0.3, 0.4) is 0 Å². The monoisotopic (exact) mass is 387 g/mol. The first kappa shape index (κ1) is 23.9. The molecule has 0 aliphatic heterocycles. The summed E-state index contributed by atoms with van der Waals surface area (Å²) in [4.78, 5) is 0. The van der Waals surface area contributed by atoms with E-state index < -0.39 is 0 Å². The smallest absolute Gasteiger partial charge is 0 e. The van der Waals surface area contributed by atoms with Crippen molar-refractivity contribution in [3.63, 3.8) is 0 Å². The van der Waals surface area contributed by atoms with Crippen molar-refractivity contribution in [1.82, 2.24) is 0 Å². The molecule has 0 bridgehead atoms. The molecule has 0 fully saturated rings. The van der Waals surface area contributed by atoms with Gasteiger partial charge in [-0.05, 0) is 1.37 Å². The Labute approximate surface area is 154 Å². The molecule has 3 heteroatoms. The van der Waals surface area contributed by atoms with Gasteiger partial charge in [0.2, 0.25) is 0 Å². The van der Waals surface area contributed by atoms with Crippen LogP contribution < -0.4 is 0 Å². The van der Waals surface area contributed by atoms with Crippen molar-refractivity contribution in [1.29, 1.82) is 0 Å². The largest absolute Gasteiger partial charge is 0.358 e. The Morgan fingerprint density at radius 3 is 1.55 bits per heavy atom. The molecular formula is C8H21Y3-3. The van der Waals surface area contributed by atoms with Gasteiger partial charge in [0.1, 0.15) is 0 Å². The maximum absolute atomic E-state index is 6.40. The van der Waals surface area contributed by atoms with Gasteiger partial charge in [-0.1, -0.05) is 6.92 Å². The molecule has 0 aromatic heterocycles. The standard InChI is InChI=1S/C4H9.C3H7.CH3.3Y.H2/c1-3-4-2;1-3-2;;;;;/h3H,4H2,1-2H3;3H,1-2H3;1H3;;;;1H/q3*-1;;;;/i;1D;;;;;1+1D. The molecule has 0 saturated heterocycles. The van der Waals surface area contributed by atoms with Crippen molar-refractivity contribution in [2.24, 2.45) is 0 Å². The van der Waals surface area contributed by atoms with E-state index in [4.69, 9.17) is 4.34 Å². The molecule has 0 aliphatic rings. The molecule has 0 nitrogen and oxygen atoms in total. The molecule has 11 heavy (non-hydrogen) atoms. The molecule has 0 N–H and O–H groups in total. The minimum atomic E-state index is 0. The zero-order valence-corrected chi connectivity index (χ0v) is 16.8. The second-order valence-corrected chi connectivity index (χ2v) is 1.22. The molecule has 0 unspecified atom stereocenters. The van der Waals surface area contributed by atoms with E-state index in [9.17, 15) is 0 Å². The van der Waals surface area contributed by atoms with Gasteiger partial charge in [0.25, 0.3) is 0 Å². The second-order valence-electron chi connectivity index (χ2n) is 1.22. The number of unbranched alkanes of at least 4 members (excludes halogenated alkanes) is 1. The Morgan fingerprint density at radius 2 is 1.55 bits per heavy atom. The quantitative estimate of drug-likeness (QED) is 0.605. The van der Waals surface area contributed by atoms with Gasteiger partial charge in [-0.25, -0.2) is 0 Å². The van der Waals surface area contributed by atoms with Crippen LogP contribution in [0.4, 0.5) is 0 Å². The van der Waals surface area contributed by atoms with Gasteiger partial charge in [-0.3, -0.25) is 0 Å². The third-order valence-corrected chi connectivity index (χ3v) is 0.408. The van der Waals surface area contributed by atoms with Gasteiger partial charge in [-0.2, -0.15) is 27.2 Å². The van der Waals surface area contributed by atoms with E-state index >= 15 is 0 Å². The van der Waals surface area contributed by atoms with Crippen LogP contribution in [0.5, 0.6) is 0 Å². The van der Waals surface area contributed by atoms with Gasteiger partial charge in [0, 0.05) is 101 Å². The molecule has 0 spiro atoms. The Morgan fingerprint density at radius 1 is 1.36 bits per heavy atom. The fourth-order valence-electron chi connectivity index (χ4n) is 0. The Hall–Kier alpha value is 3.31. The van der Waals surface area contributed by atoms with Crippen molar-refractivity contribution < 1.29 is 102 Å². The molecule has 0 saturated carbocycles. The number of rotatable bonds is 1. The maximum atomic E-state index is 6.40. The van der Waals surface area contributed by atoms with E-state index in [2.05, 4.69) is 20.3 Å². The van der Waals surface area contributed by atoms with Gasteiger partial charge in [-0.15, -0.1) is 0 Å². The number of hydrogen-bond donors (Lipinski definition) is 0. The topological polar surface area (TPSA) is 0 Å². The normalized spacial score (nSPS) is 6.27. The first-order valence-electron chi connectivity index (χ1n) is 4.39. The van der Waals surface area contributed by atoms with Gasteiger partial charge in [0.05, 0.1) is 0 Å². The fourth-order valence-corrected chi connectivity index (χ4v) is 0. The summed E-state index contributed by atoms with van der Waals surface area (Å²) >= 11 is 0. The molecule has 0 aliphatic carbocycles. The van der Waals surface area contributed by atoms with Crippen LogP contribution in [0.1, 0.15) is 38.4 Å². The van der Waals surface area contributed by atoms with Gasteiger partial charge >= 0.3 is 0 Å². The van der Waals surface area contributed by atoms with E-state index in [0.29, 0.717) is 6.90 Å². The van der Waals surface area contributed by atoms with E-state index in [1.807, 2.05) is 6.92 Å². The molecule has 0 amide bonds. The number of hydrogen-bond acceptors (Lipinski definition) is 0. The van der Waals surface area contributed by atoms with Crippen LogP contribution in [0.15, 0.2) is 0 Å². The second kappa shape index (κ2) is 50.6. The predicted molar refractivity (Wildman–Crippen MR) is 44.4 cm³/mol. The third-order valence-electron chi connectivity index (χ3n) is 0.408. The predicted octanol–water partition coefficient (Wildman–Crippen LogP) is 3.54. The SMILES string of the molecule is C[CH-]CC.[2H]C[CH-]C.[2H][2H].[CH3-].[Y].[Y].[Y]. The first-order chi connectivity index (χ1) is 4.83. The van der Waals surface area contributed by atoms with Crippen LogP contribution in [0.25, 0.3) is 0 Å². The summed E-state index contributed by atoms with van der Waals surface area (Å²) in [5.74, 6) is 0. The van der Waals surface area contributed by atoms with Crippen LogP contribution in [-0.2, 0) is 98.1 Å². The summed E-state index contributed by atoms with van der Waals surface area (Å²) in [7, 11) is 0. The third kappa shape index (κ3) is 91.6. The molecule has 0 aromatic carbocycles. The molecule has 0 atom stereocenters. The zero-order chi connectivity index (χ0) is 8.83. The van der Waals surface area contributed by atoms with Crippen molar-refractivity contribution in [2.75, 3.05) is 0 Å². The molecular weight excluding hydrogens is 363 g/mol. The Bertz CT molecular complexity index is 27.8. The summed E-state index contributed by atoms with van der Waals surface area (Å²) in [6.45, 7) is 6.49. The minimum Gasteiger partial charge on any atom is -0.358 e. The van der Waals surface area contributed by atoms with Crippen molar-refractivity contribution in [2.45, 2.75) is 34.1 Å². The summed E-state index contributed by atoms with van der Waals surface area (Å²) in [5.41, 5.74) is 0. The van der Waals surface area contributed by atoms with Crippen molar-refractivity contribution in [3.05, 3.63) is 20.3 Å². The average Bonchev–Trinajstić information content (AvgIpc) is 2.08.